The number of imide groups is 1. The van der Waals surface area contributed by atoms with E-state index in [2.05, 4.69) is 25.5 Å². The van der Waals surface area contributed by atoms with Crippen LogP contribution in [0.1, 0.15) is 4.88 Å². The van der Waals surface area contributed by atoms with E-state index in [1.165, 1.54) is 0 Å². The van der Waals surface area contributed by atoms with E-state index in [4.69, 9.17) is 0 Å². The molecular formula is C16H20N6O2S. The smallest absolute Gasteiger partial charge is 0.321 e. The quantitative estimate of drug-likeness (QED) is 0.815. The van der Waals surface area contributed by atoms with Gasteiger partial charge in [-0.05, 0) is 17.5 Å². The zero-order valence-electron chi connectivity index (χ0n) is 13.7. The summed E-state index contributed by atoms with van der Waals surface area (Å²) in [5.41, 5.74) is 0. The summed E-state index contributed by atoms with van der Waals surface area (Å²) in [6, 6.07) is 5.18. The maximum atomic E-state index is 12.0. The van der Waals surface area contributed by atoms with Gasteiger partial charge in [-0.25, -0.2) is 14.8 Å². The Labute approximate surface area is 149 Å². The van der Waals surface area contributed by atoms with Crippen molar-refractivity contribution >= 4 is 29.2 Å². The number of hydrogen-bond donors (Lipinski definition) is 2. The van der Waals surface area contributed by atoms with Gasteiger partial charge < -0.3 is 10.2 Å². The highest BCUT2D eigenvalue weighted by Gasteiger charge is 2.21. The Hall–Kier alpha value is -2.52. The maximum absolute atomic E-state index is 12.0. The van der Waals surface area contributed by atoms with Gasteiger partial charge in [0.1, 0.15) is 0 Å². The van der Waals surface area contributed by atoms with E-state index in [-0.39, 0.29) is 12.5 Å². The summed E-state index contributed by atoms with van der Waals surface area (Å²) < 4.78 is 0. The molecule has 0 aromatic carbocycles. The van der Waals surface area contributed by atoms with Gasteiger partial charge in [-0.2, -0.15) is 0 Å². The molecule has 0 unspecified atom stereocenters. The summed E-state index contributed by atoms with van der Waals surface area (Å²) in [5.74, 6) is 0.410. The zero-order chi connectivity index (χ0) is 17.5. The van der Waals surface area contributed by atoms with Gasteiger partial charge in [0, 0.05) is 43.4 Å². The van der Waals surface area contributed by atoms with Gasteiger partial charge in [-0.3, -0.25) is 15.0 Å². The Morgan fingerprint density at radius 3 is 2.56 bits per heavy atom. The normalized spacial score (nSPS) is 15.0. The lowest BCUT2D eigenvalue weighted by Gasteiger charge is -2.34. The molecule has 1 saturated heterocycles. The monoisotopic (exact) mass is 360 g/mol. The number of nitrogens with zero attached hydrogens (tertiary/aromatic N) is 4. The van der Waals surface area contributed by atoms with Gasteiger partial charge in [0.15, 0.2) is 0 Å². The van der Waals surface area contributed by atoms with Crippen LogP contribution in [0, 0.1) is 0 Å². The minimum atomic E-state index is -0.463. The molecule has 9 heteroatoms. The molecule has 1 aliphatic heterocycles. The van der Waals surface area contributed by atoms with Crippen molar-refractivity contribution in [2.45, 2.75) is 6.54 Å². The highest BCUT2D eigenvalue weighted by Crippen LogP contribution is 2.09. The summed E-state index contributed by atoms with van der Waals surface area (Å²) in [7, 11) is 0. The molecule has 0 atom stereocenters. The lowest BCUT2D eigenvalue weighted by atomic mass is 10.3. The Morgan fingerprint density at radius 1 is 1.12 bits per heavy atom. The lowest BCUT2D eigenvalue weighted by Crippen LogP contribution is -2.51. The van der Waals surface area contributed by atoms with Crippen LogP contribution in [0.5, 0.6) is 0 Å². The average molecular weight is 360 g/mol. The number of aromatic nitrogens is 2. The molecule has 1 aliphatic rings. The first kappa shape index (κ1) is 17.3. The fourth-order valence-electron chi connectivity index (χ4n) is 2.55. The van der Waals surface area contributed by atoms with Crippen LogP contribution >= 0.6 is 11.3 Å². The second kappa shape index (κ2) is 8.54. The zero-order valence-corrected chi connectivity index (χ0v) is 14.5. The number of piperazine rings is 1. The van der Waals surface area contributed by atoms with Gasteiger partial charge in [0.25, 0.3) is 0 Å². The molecule has 0 aliphatic carbocycles. The van der Waals surface area contributed by atoms with E-state index < -0.39 is 6.03 Å². The highest BCUT2D eigenvalue weighted by molar-refractivity contribution is 7.09. The van der Waals surface area contributed by atoms with E-state index in [0.717, 1.165) is 31.1 Å². The summed E-state index contributed by atoms with van der Waals surface area (Å²) >= 11 is 1.56. The minimum absolute atomic E-state index is 0.204. The van der Waals surface area contributed by atoms with Gasteiger partial charge in [0.2, 0.25) is 11.9 Å². The number of hydrogen-bond acceptors (Lipinski definition) is 7. The van der Waals surface area contributed by atoms with E-state index in [0.29, 0.717) is 12.5 Å². The molecule has 0 saturated carbocycles. The van der Waals surface area contributed by atoms with Gasteiger partial charge in [-0.15, -0.1) is 11.3 Å². The van der Waals surface area contributed by atoms with Crippen molar-refractivity contribution in [3.63, 3.8) is 0 Å². The molecule has 2 aromatic rings. The van der Waals surface area contributed by atoms with Gasteiger partial charge >= 0.3 is 6.03 Å². The third kappa shape index (κ3) is 5.23. The SMILES string of the molecule is O=C(CN1CCN(c2ncccn2)CC1)NC(=O)NCc1cccs1. The first-order valence-electron chi connectivity index (χ1n) is 8.05. The molecule has 1 fully saturated rings. The van der Waals surface area contributed by atoms with Crippen molar-refractivity contribution in [1.82, 2.24) is 25.5 Å². The predicted molar refractivity (Wildman–Crippen MR) is 95.4 cm³/mol. The van der Waals surface area contributed by atoms with Crippen molar-refractivity contribution in [2.75, 3.05) is 37.6 Å². The second-order valence-corrected chi connectivity index (χ2v) is 6.65. The fourth-order valence-corrected chi connectivity index (χ4v) is 3.20. The first-order valence-corrected chi connectivity index (χ1v) is 8.93. The van der Waals surface area contributed by atoms with Crippen LogP contribution in [-0.4, -0.2) is 59.5 Å². The van der Waals surface area contributed by atoms with E-state index in [1.54, 1.807) is 29.8 Å². The molecule has 0 radical (unpaired) electrons. The Morgan fingerprint density at radius 2 is 1.88 bits per heavy atom. The lowest BCUT2D eigenvalue weighted by molar-refractivity contribution is -0.121. The van der Waals surface area contributed by atoms with Crippen LogP contribution in [0.4, 0.5) is 10.7 Å². The summed E-state index contributed by atoms with van der Waals surface area (Å²) in [6.07, 6.45) is 3.44. The molecule has 3 amide bonds. The number of rotatable bonds is 5. The highest BCUT2D eigenvalue weighted by atomic mass is 32.1. The van der Waals surface area contributed by atoms with Crippen molar-refractivity contribution in [2.24, 2.45) is 0 Å². The molecule has 2 N–H and O–H groups in total. The molecule has 132 valence electrons. The molecule has 25 heavy (non-hydrogen) atoms. The number of carbonyl (C=O) groups excluding carboxylic acids is 2. The predicted octanol–water partition coefficient (Wildman–Crippen LogP) is 0.686. The summed E-state index contributed by atoms with van der Waals surface area (Å²) in [5, 5.41) is 6.99. The van der Waals surface area contributed by atoms with Gasteiger partial charge in [0.05, 0.1) is 13.1 Å². The third-order valence-electron chi connectivity index (χ3n) is 3.83. The van der Waals surface area contributed by atoms with E-state index in [1.807, 2.05) is 22.4 Å². The molecule has 2 aromatic heterocycles. The van der Waals surface area contributed by atoms with Gasteiger partial charge in [-0.1, -0.05) is 6.07 Å². The summed E-state index contributed by atoms with van der Waals surface area (Å²) in [4.78, 5) is 37.3. The van der Waals surface area contributed by atoms with E-state index >= 15 is 0 Å². The summed E-state index contributed by atoms with van der Waals surface area (Å²) in [6.45, 7) is 3.58. The number of thiophene rings is 1. The van der Waals surface area contributed by atoms with Crippen LogP contribution < -0.4 is 15.5 Å². The van der Waals surface area contributed by atoms with E-state index in [9.17, 15) is 9.59 Å². The molecule has 0 spiro atoms. The Balaban J connectivity index is 1.36. The first-order chi connectivity index (χ1) is 12.2. The number of anilines is 1. The number of amides is 3. The number of nitrogens with one attached hydrogen (secondary N) is 2. The van der Waals surface area contributed by atoms with Crippen LogP contribution in [0.3, 0.4) is 0 Å². The van der Waals surface area contributed by atoms with Crippen LogP contribution in [0.2, 0.25) is 0 Å². The number of carbonyl (C=O) groups is 2. The average Bonchev–Trinajstić information content (AvgIpc) is 3.15. The Kier molecular flexibility index (Phi) is 5.91. The molecule has 3 rings (SSSR count). The van der Waals surface area contributed by atoms with Crippen molar-refractivity contribution in [1.29, 1.82) is 0 Å². The van der Waals surface area contributed by atoms with Crippen molar-refractivity contribution < 1.29 is 9.59 Å². The second-order valence-electron chi connectivity index (χ2n) is 5.62. The minimum Gasteiger partial charge on any atom is -0.338 e. The van der Waals surface area contributed by atoms with Crippen LogP contribution in [-0.2, 0) is 11.3 Å². The Bertz CT molecular complexity index is 686. The topological polar surface area (TPSA) is 90.5 Å². The van der Waals surface area contributed by atoms with Crippen molar-refractivity contribution in [3.05, 3.63) is 40.8 Å². The molecule has 8 nitrogen and oxygen atoms in total. The number of urea groups is 1. The molecular weight excluding hydrogens is 340 g/mol. The largest absolute Gasteiger partial charge is 0.338 e. The fraction of sp³-hybridized carbons (Fsp3) is 0.375. The third-order valence-corrected chi connectivity index (χ3v) is 4.71. The molecule has 3 heterocycles. The van der Waals surface area contributed by atoms with Crippen molar-refractivity contribution in [3.8, 4) is 0 Å². The molecule has 0 bridgehead atoms. The van der Waals surface area contributed by atoms with Crippen LogP contribution in [0.25, 0.3) is 0 Å². The maximum Gasteiger partial charge on any atom is 0.321 e. The van der Waals surface area contributed by atoms with Crippen LogP contribution in [0.15, 0.2) is 36.0 Å². The standard InChI is InChI=1S/C16H20N6O2S/c23-14(20-16(24)19-11-13-3-1-10-25-13)12-21-6-8-22(9-7-21)15-17-4-2-5-18-15/h1-5,10H,6-9,11-12H2,(H2,19,20,23,24).